The predicted molar refractivity (Wildman–Crippen MR) is 98.9 cm³/mol. The molecule has 0 aliphatic carbocycles. The van der Waals surface area contributed by atoms with Crippen molar-refractivity contribution in [3.8, 4) is 6.07 Å². The van der Waals surface area contributed by atoms with E-state index in [1.54, 1.807) is 38.1 Å². The zero-order valence-corrected chi connectivity index (χ0v) is 15.5. The third-order valence-corrected chi connectivity index (χ3v) is 4.40. The minimum Gasteiger partial charge on any atom is -0.467 e. The van der Waals surface area contributed by atoms with Crippen LogP contribution in [0.3, 0.4) is 0 Å². The van der Waals surface area contributed by atoms with Crippen LogP contribution in [0, 0.1) is 25.2 Å². The first-order chi connectivity index (χ1) is 12.9. The molecule has 1 unspecified atom stereocenters. The molecule has 0 aliphatic rings. The molecule has 2 N–H and O–H groups in total. The van der Waals surface area contributed by atoms with Crippen molar-refractivity contribution < 1.29 is 14.3 Å². The number of aromatic amines is 1. The van der Waals surface area contributed by atoms with E-state index in [-0.39, 0.29) is 17.9 Å². The van der Waals surface area contributed by atoms with Crippen LogP contribution in [0.15, 0.2) is 35.1 Å². The number of aromatic nitrogens is 1. The summed E-state index contributed by atoms with van der Waals surface area (Å²) in [6, 6.07) is 9.82. The highest BCUT2D eigenvalue weighted by molar-refractivity contribution is 5.85. The summed E-state index contributed by atoms with van der Waals surface area (Å²) in [5.74, 6) is -0.893. The number of carbonyl (C=O) groups is 2. The normalized spacial score (nSPS) is 11.3. The van der Waals surface area contributed by atoms with Crippen molar-refractivity contribution in [2.45, 2.75) is 32.7 Å². The van der Waals surface area contributed by atoms with E-state index in [0.29, 0.717) is 23.2 Å². The summed E-state index contributed by atoms with van der Waals surface area (Å²) in [6.07, 6.45) is 0.427. The molecule has 0 aliphatic heterocycles. The molecule has 0 fully saturated rings. The maximum Gasteiger partial charge on any atom is 0.333 e. The third-order valence-electron chi connectivity index (χ3n) is 4.40. The summed E-state index contributed by atoms with van der Waals surface area (Å²) < 4.78 is 4.78. The summed E-state index contributed by atoms with van der Waals surface area (Å²) in [5, 5.41) is 11.8. The number of nitriles is 1. The number of nitrogens with one attached hydrogen (secondary N) is 2. The van der Waals surface area contributed by atoms with Crippen LogP contribution < -0.4 is 10.9 Å². The van der Waals surface area contributed by atoms with Gasteiger partial charge in [0.05, 0.1) is 7.11 Å². The van der Waals surface area contributed by atoms with Crippen LogP contribution in [-0.4, -0.2) is 24.0 Å². The number of rotatable bonds is 6. The molecule has 1 aromatic carbocycles. The largest absolute Gasteiger partial charge is 0.467 e. The number of hydrogen-bond acceptors (Lipinski definition) is 5. The lowest BCUT2D eigenvalue weighted by molar-refractivity contribution is -0.145. The van der Waals surface area contributed by atoms with Crippen LogP contribution in [0.4, 0.5) is 0 Å². The van der Waals surface area contributed by atoms with Crippen LogP contribution in [0.1, 0.15) is 40.4 Å². The fourth-order valence-electron chi connectivity index (χ4n) is 2.93. The summed E-state index contributed by atoms with van der Waals surface area (Å²) in [7, 11) is 1.26. The van der Waals surface area contributed by atoms with Crippen molar-refractivity contribution in [3.05, 3.63) is 68.6 Å². The summed E-state index contributed by atoms with van der Waals surface area (Å²) in [4.78, 5) is 38.9. The molecule has 1 amide bonds. The average molecular weight is 367 g/mol. The van der Waals surface area contributed by atoms with Crippen molar-refractivity contribution in [1.29, 1.82) is 5.26 Å². The highest BCUT2D eigenvalue weighted by atomic mass is 16.5. The van der Waals surface area contributed by atoms with Gasteiger partial charge in [0, 0.05) is 12.1 Å². The maximum atomic E-state index is 12.4. The predicted octanol–water partition coefficient (Wildman–Crippen LogP) is 1.83. The van der Waals surface area contributed by atoms with E-state index < -0.39 is 17.6 Å². The molecule has 0 bridgehead atoms. The Balaban J connectivity index is 2.15. The van der Waals surface area contributed by atoms with Gasteiger partial charge >= 0.3 is 5.97 Å². The van der Waals surface area contributed by atoms with E-state index in [0.717, 1.165) is 5.56 Å². The Morgan fingerprint density at radius 1 is 1.26 bits per heavy atom. The first-order valence-electron chi connectivity index (χ1n) is 8.43. The molecule has 0 spiro atoms. The Morgan fingerprint density at radius 3 is 2.52 bits per heavy atom. The lowest BCUT2D eigenvalue weighted by atomic mass is 9.98. The van der Waals surface area contributed by atoms with Gasteiger partial charge in [-0.2, -0.15) is 5.26 Å². The van der Waals surface area contributed by atoms with E-state index in [1.165, 1.54) is 7.11 Å². The number of benzene rings is 1. The molecule has 1 atom stereocenters. The zero-order chi connectivity index (χ0) is 20.0. The van der Waals surface area contributed by atoms with Gasteiger partial charge in [-0.25, -0.2) is 4.79 Å². The molecule has 1 heterocycles. The van der Waals surface area contributed by atoms with Gasteiger partial charge in [0.15, 0.2) is 6.04 Å². The minimum atomic E-state index is -0.892. The molecule has 27 heavy (non-hydrogen) atoms. The topological polar surface area (TPSA) is 112 Å². The first kappa shape index (κ1) is 19.9. The third kappa shape index (κ3) is 4.61. The van der Waals surface area contributed by atoms with Crippen molar-refractivity contribution >= 4 is 11.9 Å². The van der Waals surface area contributed by atoms with Gasteiger partial charge in [-0.1, -0.05) is 30.3 Å². The van der Waals surface area contributed by atoms with Gasteiger partial charge in [0.1, 0.15) is 11.6 Å². The van der Waals surface area contributed by atoms with Crippen molar-refractivity contribution in [1.82, 2.24) is 10.3 Å². The molecule has 0 radical (unpaired) electrons. The zero-order valence-electron chi connectivity index (χ0n) is 15.5. The molecule has 7 nitrogen and oxygen atoms in total. The second-order valence-corrected chi connectivity index (χ2v) is 6.10. The number of esters is 1. The van der Waals surface area contributed by atoms with Crippen LogP contribution in [0.5, 0.6) is 0 Å². The Bertz CT molecular complexity index is 942. The number of hydrogen-bond donors (Lipinski definition) is 2. The highest BCUT2D eigenvalue weighted by Crippen LogP contribution is 2.17. The van der Waals surface area contributed by atoms with Gasteiger partial charge in [-0.05, 0) is 37.0 Å². The van der Waals surface area contributed by atoms with E-state index in [4.69, 9.17) is 10.00 Å². The minimum absolute atomic E-state index is 0.0488. The van der Waals surface area contributed by atoms with Gasteiger partial charge in [-0.3, -0.25) is 9.59 Å². The fourth-order valence-corrected chi connectivity index (χ4v) is 2.93. The van der Waals surface area contributed by atoms with Crippen LogP contribution in [-0.2, 0) is 20.7 Å². The summed E-state index contributed by atoms with van der Waals surface area (Å²) >= 11 is 0. The SMILES string of the molecule is COC(=O)C(NC(=O)CCc1c(C)[nH]c(=O)c(C#N)c1C)c1ccccc1. The number of nitrogens with zero attached hydrogens (tertiary/aromatic N) is 1. The van der Waals surface area contributed by atoms with Gasteiger partial charge < -0.3 is 15.0 Å². The molecular weight excluding hydrogens is 346 g/mol. The van der Waals surface area contributed by atoms with Crippen LogP contribution >= 0.6 is 0 Å². The standard InChI is InChI=1S/C20H21N3O4/c1-12-15(13(2)22-19(25)16(12)11-21)9-10-17(24)23-18(20(26)27-3)14-7-5-4-6-8-14/h4-8,18H,9-10H2,1-3H3,(H,22,25)(H,23,24). The summed E-state index contributed by atoms with van der Waals surface area (Å²) in [6.45, 7) is 3.42. The van der Waals surface area contributed by atoms with Crippen LogP contribution in [0.25, 0.3) is 0 Å². The average Bonchev–Trinajstić information content (AvgIpc) is 2.66. The molecular formula is C20H21N3O4. The van der Waals surface area contributed by atoms with Crippen molar-refractivity contribution in [2.24, 2.45) is 0 Å². The summed E-state index contributed by atoms with van der Waals surface area (Å²) in [5.41, 5.74) is 2.18. The number of aryl methyl sites for hydroxylation is 1. The number of H-pyrrole nitrogens is 1. The number of amides is 1. The molecule has 0 saturated carbocycles. The molecule has 2 aromatic rings. The molecule has 2 rings (SSSR count). The second kappa shape index (κ2) is 8.81. The van der Waals surface area contributed by atoms with E-state index >= 15 is 0 Å². The van der Waals surface area contributed by atoms with E-state index in [2.05, 4.69) is 10.3 Å². The Hall–Kier alpha value is -3.40. The van der Waals surface area contributed by atoms with Gasteiger partial charge in [0.25, 0.3) is 5.56 Å². The smallest absolute Gasteiger partial charge is 0.333 e. The van der Waals surface area contributed by atoms with E-state index in [1.807, 2.05) is 12.1 Å². The fraction of sp³-hybridized carbons (Fsp3) is 0.300. The molecule has 7 heteroatoms. The number of pyridine rings is 1. The van der Waals surface area contributed by atoms with Gasteiger partial charge in [-0.15, -0.1) is 0 Å². The van der Waals surface area contributed by atoms with Gasteiger partial charge in [0.2, 0.25) is 5.91 Å². The van der Waals surface area contributed by atoms with Crippen LogP contribution in [0.2, 0.25) is 0 Å². The Kier molecular flexibility index (Phi) is 6.50. The Morgan fingerprint density at radius 2 is 1.93 bits per heavy atom. The quantitative estimate of drug-likeness (QED) is 0.757. The van der Waals surface area contributed by atoms with Crippen molar-refractivity contribution in [3.63, 3.8) is 0 Å². The number of methoxy groups -OCH3 is 1. The molecule has 0 saturated heterocycles. The first-order valence-corrected chi connectivity index (χ1v) is 8.43. The molecule has 140 valence electrons. The molecule has 1 aromatic heterocycles. The lowest BCUT2D eigenvalue weighted by Gasteiger charge is -2.17. The lowest BCUT2D eigenvalue weighted by Crippen LogP contribution is -2.34. The maximum absolute atomic E-state index is 12.4. The highest BCUT2D eigenvalue weighted by Gasteiger charge is 2.23. The second-order valence-electron chi connectivity index (χ2n) is 6.10. The Labute approximate surface area is 157 Å². The number of ether oxygens (including phenoxy) is 1. The monoisotopic (exact) mass is 367 g/mol. The van der Waals surface area contributed by atoms with E-state index in [9.17, 15) is 14.4 Å². The van der Waals surface area contributed by atoms with Crippen molar-refractivity contribution in [2.75, 3.05) is 7.11 Å². The number of carbonyl (C=O) groups excluding carboxylic acids is 2.